The molecule has 1 aromatic rings. The molecule has 1 saturated carbocycles. The summed E-state index contributed by atoms with van der Waals surface area (Å²) in [6, 6.07) is 6.96. The Kier molecular flexibility index (Phi) is 3.97. The number of non-ortho nitro benzene ring substituents is 1. The van der Waals surface area contributed by atoms with Gasteiger partial charge in [0.25, 0.3) is 5.69 Å². The molecule has 0 saturated heterocycles. The van der Waals surface area contributed by atoms with E-state index in [1.54, 1.807) is 18.2 Å². The van der Waals surface area contributed by atoms with Gasteiger partial charge < -0.3 is 5.73 Å². The summed E-state index contributed by atoms with van der Waals surface area (Å²) in [6.07, 6.45) is 6.90. The van der Waals surface area contributed by atoms with Crippen molar-refractivity contribution in [3.8, 4) is 0 Å². The molecule has 0 aliphatic heterocycles. The van der Waals surface area contributed by atoms with Gasteiger partial charge >= 0.3 is 0 Å². The van der Waals surface area contributed by atoms with E-state index in [0.29, 0.717) is 6.54 Å². The quantitative estimate of drug-likeness (QED) is 0.657. The van der Waals surface area contributed by atoms with Crippen molar-refractivity contribution in [2.45, 2.75) is 38.5 Å². The summed E-state index contributed by atoms with van der Waals surface area (Å²) in [5, 5.41) is 10.8. The van der Waals surface area contributed by atoms with Gasteiger partial charge in [-0.3, -0.25) is 10.1 Å². The van der Waals surface area contributed by atoms with Gasteiger partial charge in [0.1, 0.15) is 0 Å². The summed E-state index contributed by atoms with van der Waals surface area (Å²) in [7, 11) is 0. The van der Waals surface area contributed by atoms with Crippen LogP contribution in [0, 0.1) is 15.5 Å². The summed E-state index contributed by atoms with van der Waals surface area (Å²) >= 11 is 0. The molecule has 0 atom stereocenters. The van der Waals surface area contributed by atoms with Crippen molar-refractivity contribution < 1.29 is 4.92 Å². The van der Waals surface area contributed by atoms with Gasteiger partial charge in [0.2, 0.25) is 0 Å². The Balaban J connectivity index is 2.16. The molecular formula is C14H20N2O2. The molecule has 0 spiro atoms. The lowest BCUT2D eigenvalue weighted by Gasteiger charge is -2.36. The number of nitro groups is 1. The summed E-state index contributed by atoms with van der Waals surface area (Å²) in [5.41, 5.74) is 7.33. The van der Waals surface area contributed by atoms with E-state index in [4.69, 9.17) is 5.73 Å². The van der Waals surface area contributed by atoms with Crippen LogP contribution in [0.4, 0.5) is 5.69 Å². The molecule has 1 aromatic carbocycles. The lowest BCUT2D eigenvalue weighted by atomic mass is 9.70. The minimum Gasteiger partial charge on any atom is -0.330 e. The predicted octanol–water partition coefficient (Wildman–Crippen LogP) is 3.05. The maximum absolute atomic E-state index is 10.8. The van der Waals surface area contributed by atoms with Gasteiger partial charge in [0.05, 0.1) is 4.92 Å². The van der Waals surface area contributed by atoms with Crippen LogP contribution in [0.5, 0.6) is 0 Å². The highest BCUT2D eigenvalue weighted by atomic mass is 16.6. The first kappa shape index (κ1) is 13.0. The molecule has 0 bridgehead atoms. The molecule has 1 aliphatic carbocycles. The van der Waals surface area contributed by atoms with Crippen molar-refractivity contribution in [1.82, 2.24) is 0 Å². The molecule has 4 nitrogen and oxygen atoms in total. The lowest BCUT2D eigenvalue weighted by Crippen LogP contribution is -2.34. The Labute approximate surface area is 107 Å². The third-order valence-corrected chi connectivity index (χ3v) is 4.05. The topological polar surface area (TPSA) is 69.2 Å². The van der Waals surface area contributed by atoms with Gasteiger partial charge in [0.15, 0.2) is 0 Å². The van der Waals surface area contributed by atoms with Crippen molar-refractivity contribution in [2.24, 2.45) is 11.1 Å². The number of hydrogen-bond donors (Lipinski definition) is 1. The second-order valence-corrected chi connectivity index (χ2v) is 5.37. The summed E-state index contributed by atoms with van der Waals surface area (Å²) in [4.78, 5) is 10.4. The molecular weight excluding hydrogens is 228 g/mol. The third-order valence-electron chi connectivity index (χ3n) is 4.05. The number of rotatable bonds is 4. The van der Waals surface area contributed by atoms with E-state index in [2.05, 4.69) is 0 Å². The fourth-order valence-corrected chi connectivity index (χ4v) is 2.97. The minimum absolute atomic E-state index is 0.160. The Hall–Kier alpha value is -1.42. The molecule has 1 aliphatic rings. The molecule has 0 unspecified atom stereocenters. The number of hydrogen-bond acceptors (Lipinski definition) is 3. The molecule has 4 heteroatoms. The van der Waals surface area contributed by atoms with E-state index in [-0.39, 0.29) is 16.0 Å². The van der Waals surface area contributed by atoms with E-state index in [0.717, 1.165) is 24.8 Å². The largest absolute Gasteiger partial charge is 0.330 e. The highest BCUT2D eigenvalue weighted by molar-refractivity contribution is 5.34. The van der Waals surface area contributed by atoms with E-state index < -0.39 is 0 Å². The first-order valence-corrected chi connectivity index (χ1v) is 6.59. The Morgan fingerprint density at radius 3 is 2.61 bits per heavy atom. The van der Waals surface area contributed by atoms with Crippen molar-refractivity contribution in [3.05, 3.63) is 39.9 Å². The van der Waals surface area contributed by atoms with Crippen LogP contribution >= 0.6 is 0 Å². The van der Waals surface area contributed by atoms with Crippen LogP contribution < -0.4 is 5.73 Å². The molecule has 98 valence electrons. The summed E-state index contributed by atoms with van der Waals surface area (Å²) < 4.78 is 0. The van der Waals surface area contributed by atoms with Crippen LogP contribution in [0.3, 0.4) is 0 Å². The van der Waals surface area contributed by atoms with Gasteiger partial charge in [-0.25, -0.2) is 0 Å². The number of benzene rings is 1. The molecule has 0 heterocycles. The minimum atomic E-state index is -0.334. The molecule has 2 N–H and O–H groups in total. The van der Waals surface area contributed by atoms with Gasteiger partial charge in [-0.2, -0.15) is 0 Å². The second kappa shape index (κ2) is 5.48. The zero-order valence-electron chi connectivity index (χ0n) is 10.6. The van der Waals surface area contributed by atoms with Crippen LogP contribution in [0.1, 0.15) is 37.7 Å². The van der Waals surface area contributed by atoms with Gasteiger partial charge in [-0.05, 0) is 36.8 Å². The van der Waals surface area contributed by atoms with Crippen LogP contribution in [-0.4, -0.2) is 11.5 Å². The average molecular weight is 248 g/mol. The zero-order valence-corrected chi connectivity index (χ0v) is 10.6. The molecule has 2 rings (SSSR count). The Bertz CT molecular complexity index is 426. The van der Waals surface area contributed by atoms with Crippen molar-refractivity contribution >= 4 is 5.69 Å². The standard InChI is InChI=1S/C14H20N2O2/c15-11-14(7-2-1-3-8-14)10-12-5-4-6-13(9-12)16(17)18/h4-6,9H,1-3,7-8,10-11,15H2. The van der Waals surface area contributed by atoms with Crippen LogP contribution in [0.15, 0.2) is 24.3 Å². The maximum Gasteiger partial charge on any atom is 0.269 e. The van der Waals surface area contributed by atoms with Crippen molar-refractivity contribution in [2.75, 3.05) is 6.54 Å². The smallest absolute Gasteiger partial charge is 0.269 e. The summed E-state index contributed by atoms with van der Waals surface area (Å²) in [5.74, 6) is 0. The number of nitrogens with two attached hydrogens (primary N) is 1. The van der Waals surface area contributed by atoms with Crippen molar-refractivity contribution in [3.63, 3.8) is 0 Å². The predicted molar refractivity (Wildman–Crippen MR) is 71.4 cm³/mol. The first-order chi connectivity index (χ1) is 8.65. The van der Waals surface area contributed by atoms with E-state index in [9.17, 15) is 10.1 Å². The van der Waals surface area contributed by atoms with E-state index >= 15 is 0 Å². The molecule has 18 heavy (non-hydrogen) atoms. The normalized spacial score (nSPS) is 18.5. The monoisotopic (exact) mass is 248 g/mol. The second-order valence-electron chi connectivity index (χ2n) is 5.37. The highest BCUT2D eigenvalue weighted by Gasteiger charge is 2.30. The van der Waals surface area contributed by atoms with Gasteiger partial charge in [0, 0.05) is 12.1 Å². The van der Waals surface area contributed by atoms with Crippen LogP contribution in [0.2, 0.25) is 0 Å². The van der Waals surface area contributed by atoms with Gasteiger partial charge in [-0.1, -0.05) is 31.4 Å². The highest BCUT2D eigenvalue weighted by Crippen LogP contribution is 2.38. The fourth-order valence-electron chi connectivity index (χ4n) is 2.97. The molecule has 0 amide bonds. The molecule has 0 radical (unpaired) electrons. The molecule has 1 fully saturated rings. The van der Waals surface area contributed by atoms with Crippen LogP contribution in [-0.2, 0) is 6.42 Å². The summed E-state index contributed by atoms with van der Waals surface area (Å²) in [6.45, 7) is 0.676. The third kappa shape index (κ3) is 2.88. The lowest BCUT2D eigenvalue weighted by molar-refractivity contribution is -0.384. The Morgan fingerprint density at radius 2 is 2.00 bits per heavy atom. The maximum atomic E-state index is 10.8. The number of nitrogens with zero attached hydrogens (tertiary/aromatic N) is 1. The zero-order chi connectivity index (χ0) is 13.0. The van der Waals surface area contributed by atoms with Gasteiger partial charge in [-0.15, -0.1) is 0 Å². The first-order valence-electron chi connectivity index (χ1n) is 6.59. The fraction of sp³-hybridized carbons (Fsp3) is 0.571. The van der Waals surface area contributed by atoms with E-state index in [1.807, 2.05) is 6.07 Å². The SMILES string of the molecule is NCC1(Cc2cccc([N+](=O)[O-])c2)CCCCC1. The Morgan fingerprint density at radius 1 is 1.28 bits per heavy atom. The van der Waals surface area contributed by atoms with E-state index in [1.165, 1.54) is 19.3 Å². The number of nitro benzene ring substituents is 1. The average Bonchev–Trinajstić information content (AvgIpc) is 2.40. The van der Waals surface area contributed by atoms with Crippen LogP contribution in [0.25, 0.3) is 0 Å². The van der Waals surface area contributed by atoms with Crippen molar-refractivity contribution in [1.29, 1.82) is 0 Å². The molecule has 0 aromatic heterocycles.